The van der Waals surface area contributed by atoms with E-state index >= 15 is 0 Å². The van der Waals surface area contributed by atoms with Crippen LogP contribution < -0.4 is 11.2 Å². The maximum absolute atomic E-state index is 13.2. The predicted molar refractivity (Wildman–Crippen MR) is 116 cm³/mol. The molecule has 0 unspecified atom stereocenters. The molecule has 162 valence electrons. The van der Waals surface area contributed by atoms with E-state index in [2.05, 4.69) is 4.98 Å². The van der Waals surface area contributed by atoms with Crippen LogP contribution in [-0.4, -0.2) is 43.6 Å². The number of imidazole rings is 1. The third-order valence-corrected chi connectivity index (χ3v) is 5.25. The van der Waals surface area contributed by atoms with Gasteiger partial charge in [0.1, 0.15) is 5.82 Å². The number of aromatic nitrogens is 4. The largest absolute Gasteiger partial charge is 0.396 e. The van der Waals surface area contributed by atoms with Crippen molar-refractivity contribution in [2.24, 2.45) is 7.05 Å². The van der Waals surface area contributed by atoms with E-state index < -0.39 is 5.69 Å². The molecule has 0 saturated carbocycles. The van der Waals surface area contributed by atoms with E-state index in [0.717, 1.165) is 17.8 Å². The molecule has 0 aliphatic heterocycles. The highest BCUT2D eigenvalue weighted by Crippen LogP contribution is 2.17. The highest BCUT2D eigenvalue weighted by molar-refractivity contribution is 6.30. The van der Waals surface area contributed by atoms with Crippen molar-refractivity contribution in [2.45, 2.75) is 39.3 Å². The van der Waals surface area contributed by atoms with Gasteiger partial charge in [-0.3, -0.25) is 13.9 Å². The summed E-state index contributed by atoms with van der Waals surface area (Å²) < 4.78 is 9.88. The molecular weight excluding hydrogens is 408 g/mol. The van der Waals surface area contributed by atoms with Gasteiger partial charge in [0.25, 0.3) is 5.56 Å². The first-order valence-corrected chi connectivity index (χ1v) is 10.5. The predicted octanol–water partition coefficient (Wildman–Crippen LogP) is 1.95. The number of rotatable bonds is 10. The first kappa shape index (κ1) is 22.3. The minimum atomic E-state index is -0.432. The van der Waals surface area contributed by atoms with Crippen molar-refractivity contribution in [3.63, 3.8) is 0 Å². The summed E-state index contributed by atoms with van der Waals surface area (Å²) in [5.74, 6) is 0.728. The van der Waals surface area contributed by atoms with Crippen molar-refractivity contribution in [3.05, 3.63) is 61.5 Å². The lowest BCUT2D eigenvalue weighted by Crippen LogP contribution is -2.40. The van der Waals surface area contributed by atoms with Crippen molar-refractivity contribution in [1.82, 2.24) is 18.7 Å². The van der Waals surface area contributed by atoms with Crippen LogP contribution in [0.15, 0.2) is 33.9 Å². The Morgan fingerprint density at radius 2 is 1.87 bits per heavy atom. The maximum Gasteiger partial charge on any atom is 0.332 e. The number of halogens is 1. The van der Waals surface area contributed by atoms with E-state index in [9.17, 15) is 9.59 Å². The van der Waals surface area contributed by atoms with Gasteiger partial charge in [-0.25, -0.2) is 9.78 Å². The molecule has 9 heteroatoms. The summed E-state index contributed by atoms with van der Waals surface area (Å²) in [5.41, 5.74) is 0.902. The number of nitrogens with zero attached hydrogens (tertiary/aromatic N) is 4. The molecule has 0 amide bonds. The fourth-order valence-corrected chi connectivity index (χ4v) is 3.58. The number of benzene rings is 1. The van der Waals surface area contributed by atoms with Crippen LogP contribution in [0.4, 0.5) is 0 Å². The zero-order valence-electron chi connectivity index (χ0n) is 17.3. The number of hydrogen-bond acceptors (Lipinski definition) is 5. The zero-order chi connectivity index (χ0) is 21.7. The molecule has 0 fully saturated rings. The first-order valence-electron chi connectivity index (χ1n) is 10.1. The van der Waals surface area contributed by atoms with Gasteiger partial charge in [-0.1, -0.05) is 23.7 Å². The smallest absolute Gasteiger partial charge is 0.332 e. The van der Waals surface area contributed by atoms with Gasteiger partial charge < -0.3 is 14.4 Å². The molecule has 1 aromatic carbocycles. The van der Waals surface area contributed by atoms with Crippen molar-refractivity contribution in [1.29, 1.82) is 0 Å². The summed E-state index contributed by atoms with van der Waals surface area (Å²) in [6.45, 7) is 3.68. The lowest BCUT2D eigenvalue weighted by molar-refractivity contribution is 0.144. The van der Waals surface area contributed by atoms with Gasteiger partial charge in [-0.15, -0.1) is 0 Å². The summed E-state index contributed by atoms with van der Waals surface area (Å²) in [5, 5.41) is 9.78. The van der Waals surface area contributed by atoms with Crippen molar-refractivity contribution >= 4 is 22.8 Å². The molecule has 8 nitrogen and oxygen atoms in total. The van der Waals surface area contributed by atoms with E-state index in [0.29, 0.717) is 48.8 Å². The highest BCUT2D eigenvalue weighted by atomic mass is 35.5. The molecule has 3 rings (SSSR count). The Morgan fingerprint density at radius 3 is 2.53 bits per heavy atom. The molecule has 2 aromatic heterocycles. The second-order valence-corrected chi connectivity index (χ2v) is 7.53. The number of hydrogen-bond donors (Lipinski definition) is 1. The Balaban J connectivity index is 2.14. The fraction of sp³-hybridized carbons (Fsp3) is 0.476. The Bertz CT molecular complexity index is 1120. The average molecular weight is 435 g/mol. The summed E-state index contributed by atoms with van der Waals surface area (Å²) in [4.78, 5) is 30.6. The maximum atomic E-state index is 13.2. The molecule has 0 atom stereocenters. The molecule has 1 N–H and O–H groups in total. The van der Waals surface area contributed by atoms with Crippen LogP contribution in [0.1, 0.15) is 31.2 Å². The highest BCUT2D eigenvalue weighted by Gasteiger charge is 2.20. The van der Waals surface area contributed by atoms with Crippen LogP contribution in [-0.2, 0) is 31.3 Å². The van der Waals surface area contributed by atoms with E-state index in [1.165, 1.54) is 9.13 Å². The van der Waals surface area contributed by atoms with Crippen molar-refractivity contribution < 1.29 is 9.84 Å². The first-order chi connectivity index (χ1) is 14.5. The Hall–Kier alpha value is -2.42. The quantitative estimate of drug-likeness (QED) is 0.492. The number of aryl methyl sites for hydroxylation is 2. The topological polar surface area (TPSA) is 91.3 Å². The van der Waals surface area contributed by atoms with Gasteiger partial charge in [0, 0.05) is 51.4 Å². The SMILES string of the molecule is CCOCCCc1nc2c(c(=O)n(CCCO)c(=O)n2C)n1Cc1ccc(Cl)cc1. The van der Waals surface area contributed by atoms with Gasteiger partial charge in [0.15, 0.2) is 11.2 Å². The van der Waals surface area contributed by atoms with E-state index in [1.807, 2.05) is 23.6 Å². The standard InChI is InChI=1S/C21H27ClN4O4/c1-3-30-13-4-6-17-23-19-18(26(17)14-15-7-9-16(22)10-8-15)20(28)25(11-5-12-27)21(29)24(19)2/h7-10,27H,3-6,11-14H2,1-2H3. The lowest BCUT2D eigenvalue weighted by atomic mass is 10.2. The molecule has 0 aliphatic carbocycles. The molecule has 2 heterocycles. The van der Waals surface area contributed by atoms with Gasteiger partial charge in [-0.05, 0) is 37.5 Å². The van der Waals surface area contributed by atoms with Crippen LogP contribution in [0.2, 0.25) is 5.02 Å². The lowest BCUT2D eigenvalue weighted by Gasteiger charge is -2.11. The molecule has 0 bridgehead atoms. The minimum Gasteiger partial charge on any atom is -0.396 e. The minimum absolute atomic E-state index is 0.0969. The van der Waals surface area contributed by atoms with Crippen molar-refractivity contribution in [2.75, 3.05) is 19.8 Å². The number of aliphatic hydroxyl groups excluding tert-OH is 1. The summed E-state index contributed by atoms with van der Waals surface area (Å²) >= 11 is 6.01. The normalized spacial score (nSPS) is 11.5. The van der Waals surface area contributed by atoms with Crippen molar-refractivity contribution in [3.8, 4) is 0 Å². The van der Waals surface area contributed by atoms with Gasteiger partial charge in [0.05, 0.1) is 0 Å². The summed E-state index contributed by atoms with van der Waals surface area (Å²) in [6.07, 6.45) is 1.70. The zero-order valence-corrected chi connectivity index (χ0v) is 18.1. The second-order valence-electron chi connectivity index (χ2n) is 7.09. The Kier molecular flexibility index (Phi) is 7.47. The summed E-state index contributed by atoms with van der Waals surface area (Å²) in [6, 6.07) is 7.43. The number of aliphatic hydroxyl groups is 1. The molecule has 3 aromatic rings. The van der Waals surface area contributed by atoms with E-state index in [-0.39, 0.29) is 18.7 Å². The van der Waals surface area contributed by atoms with Crippen LogP contribution in [0, 0.1) is 0 Å². The van der Waals surface area contributed by atoms with Crippen LogP contribution in [0.5, 0.6) is 0 Å². The summed E-state index contributed by atoms with van der Waals surface area (Å²) in [7, 11) is 1.61. The fourth-order valence-electron chi connectivity index (χ4n) is 3.45. The van der Waals surface area contributed by atoms with E-state index in [4.69, 9.17) is 21.4 Å². The molecule has 30 heavy (non-hydrogen) atoms. The molecular formula is C21H27ClN4O4. The van der Waals surface area contributed by atoms with Crippen LogP contribution in [0.25, 0.3) is 11.2 Å². The molecule has 0 aliphatic rings. The molecule has 0 spiro atoms. The van der Waals surface area contributed by atoms with Crippen LogP contribution >= 0.6 is 11.6 Å². The van der Waals surface area contributed by atoms with Gasteiger partial charge in [0.2, 0.25) is 0 Å². The second kappa shape index (κ2) is 10.1. The van der Waals surface area contributed by atoms with E-state index in [1.54, 1.807) is 19.2 Å². The monoisotopic (exact) mass is 434 g/mol. The Labute approximate surface area is 179 Å². The van der Waals surface area contributed by atoms with Gasteiger partial charge >= 0.3 is 5.69 Å². The molecule has 0 saturated heterocycles. The van der Waals surface area contributed by atoms with Crippen LogP contribution in [0.3, 0.4) is 0 Å². The average Bonchev–Trinajstić information content (AvgIpc) is 3.10. The molecule has 0 radical (unpaired) electrons. The third-order valence-electron chi connectivity index (χ3n) is 5.00. The van der Waals surface area contributed by atoms with Gasteiger partial charge in [-0.2, -0.15) is 0 Å². The number of ether oxygens (including phenoxy) is 1. The Morgan fingerprint density at radius 1 is 1.13 bits per heavy atom. The number of fused-ring (bicyclic) bond motifs is 1. The third kappa shape index (κ3) is 4.66.